The number of ether oxygens (including phenoxy) is 1. The number of amides is 2. The molecule has 0 radical (unpaired) electrons. The van der Waals surface area contributed by atoms with Crippen LogP contribution in [0.5, 0.6) is 5.75 Å². The van der Waals surface area contributed by atoms with Gasteiger partial charge in [0.2, 0.25) is 0 Å². The highest BCUT2D eigenvalue weighted by molar-refractivity contribution is 8.18. The summed E-state index contributed by atoms with van der Waals surface area (Å²) in [5.74, 6) is 0.246. The van der Waals surface area contributed by atoms with Crippen LogP contribution in [0.1, 0.15) is 5.56 Å². The van der Waals surface area contributed by atoms with Crippen molar-refractivity contribution in [2.75, 3.05) is 19.0 Å². The van der Waals surface area contributed by atoms with E-state index < -0.39 is 0 Å². The first-order chi connectivity index (χ1) is 15.6. The summed E-state index contributed by atoms with van der Waals surface area (Å²) >= 11 is 1.34. The third-order valence-electron chi connectivity index (χ3n) is 4.59. The molecule has 3 aromatic carbocycles. The first-order valence-electron chi connectivity index (χ1n) is 9.97. The number of nitrogens with zero attached hydrogens (tertiary/aromatic N) is 2. The number of hydrogen-bond donors (Lipinski definition) is 1. The minimum absolute atomic E-state index is 0.0895. The second kappa shape index (κ2) is 9.98. The maximum absolute atomic E-state index is 12.6. The number of hydrogen-bond acceptors (Lipinski definition) is 5. The molecular weight excluding hydrogens is 422 g/mol. The fraction of sp³-hybridized carbons (Fsp3) is 0.0800. The average Bonchev–Trinajstić information content (AvgIpc) is 3.07. The highest BCUT2D eigenvalue weighted by Gasteiger charge is 2.30. The SMILES string of the molecule is CN1C(=O)/C(=C\c2ccc(OCC(=O)Nc3ccccc3)cc2)SC1=Nc1ccccc1. The van der Waals surface area contributed by atoms with E-state index in [0.29, 0.717) is 15.8 Å². The van der Waals surface area contributed by atoms with E-state index in [0.717, 1.165) is 16.9 Å². The smallest absolute Gasteiger partial charge is 0.266 e. The van der Waals surface area contributed by atoms with E-state index in [4.69, 9.17) is 4.74 Å². The highest BCUT2D eigenvalue weighted by Crippen LogP contribution is 2.33. The van der Waals surface area contributed by atoms with Crippen molar-refractivity contribution in [1.82, 2.24) is 4.90 Å². The predicted molar refractivity (Wildman–Crippen MR) is 129 cm³/mol. The van der Waals surface area contributed by atoms with E-state index >= 15 is 0 Å². The van der Waals surface area contributed by atoms with Gasteiger partial charge in [0.1, 0.15) is 5.75 Å². The van der Waals surface area contributed by atoms with Gasteiger partial charge in [0.15, 0.2) is 11.8 Å². The Morgan fingerprint density at radius 3 is 2.34 bits per heavy atom. The molecule has 1 saturated heterocycles. The molecule has 0 aliphatic carbocycles. The molecule has 7 heteroatoms. The lowest BCUT2D eigenvalue weighted by molar-refractivity contribution is -0.121. The van der Waals surface area contributed by atoms with E-state index in [9.17, 15) is 9.59 Å². The van der Waals surface area contributed by atoms with E-state index in [2.05, 4.69) is 10.3 Å². The van der Waals surface area contributed by atoms with Crippen LogP contribution >= 0.6 is 11.8 Å². The van der Waals surface area contributed by atoms with Crippen LogP contribution < -0.4 is 10.1 Å². The molecule has 1 fully saturated rings. The molecule has 2 amide bonds. The number of amidine groups is 1. The summed E-state index contributed by atoms with van der Waals surface area (Å²) in [7, 11) is 1.72. The minimum atomic E-state index is -0.233. The molecule has 1 aliphatic rings. The summed E-state index contributed by atoms with van der Waals surface area (Å²) < 4.78 is 5.55. The molecule has 0 saturated carbocycles. The van der Waals surface area contributed by atoms with Gasteiger partial charge in [0.25, 0.3) is 11.8 Å². The molecule has 0 spiro atoms. The van der Waals surface area contributed by atoms with E-state index in [1.54, 1.807) is 24.1 Å². The van der Waals surface area contributed by atoms with Crippen LogP contribution in [0.4, 0.5) is 11.4 Å². The summed E-state index contributed by atoms with van der Waals surface area (Å²) in [5, 5.41) is 3.41. The lowest BCUT2D eigenvalue weighted by Crippen LogP contribution is -2.23. The second-order valence-electron chi connectivity index (χ2n) is 6.98. The van der Waals surface area contributed by atoms with Gasteiger partial charge in [-0.1, -0.05) is 48.5 Å². The number of likely N-dealkylation sites (N-methyl/N-ethyl adjacent to an activating group) is 1. The van der Waals surface area contributed by atoms with Crippen molar-refractivity contribution in [1.29, 1.82) is 0 Å². The predicted octanol–water partition coefficient (Wildman–Crippen LogP) is 4.94. The Morgan fingerprint density at radius 1 is 1.00 bits per heavy atom. The molecule has 1 aliphatic heterocycles. The monoisotopic (exact) mass is 443 g/mol. The molecule has 32 heavy (non-hydrogen) atoms. The second-order valence-corrected chi connectivity index (χ2v) is 7.99. The number of thioether (sulfide) groups is 1. The third-order valence-corrected chi connectivity index (χ3v) is 5.65. The maximum Gasteiger partial charge on any atom is 0.266 e. The molecule has 4 rings (SSSR count). The van der Waals surface area contributed by atoms with E-state index in [1.807, 2.05) is 78.9 Å². The first kappa shape index (κ1) is 21.4. The quantitative estimate of drug-likeness (QED) is 0.548. The van der Waals surface area contributed by atoms with Crippen molar-refractivity contribution >= 4 is 46.2 Å². The van der Waals surface area contributed by atoms with Gasteiger partial charge in [0, 0.05) is 12.7 Å². The first-order valence-corrected chi connectivity index (χ1v) is 10.8. The van der Waals surface area contributed by atoms with Gasteiger partial charge in [-0.2, -0.15) is 0 Å². The van der Waals surface area contributed by atoms with Gasteiger partial charge >= 0.3 is 0 Å². The van der Waals surface area contributed by atoms with E-state index in [-0.39, 0.29) is 18.4 Å². The summed E-state index contributed by atoms with van der Waals surface area (Å²) in [6.07, 6.45) is 1.82. The normalized spacial score (nSPS) is 15.9. The Labute approximate surface area is 190 Å². The Bertz CT molecular complexity index is 1160. The average molecular weight is 444 g/mol. The zero-order valence-corrected chi connectivity index (χ0v) is 18.2. The summed E-state index contributed by atoms with van der Waals surface area (Å²) in [4.78, 5) is 31.3. The lowest BCUT2D eigenvalue weighted by atomic mass is 10.2. The van der Waals surface area contributed by atoms with Crippen LogP contribution in [0.25, 0.3) is 6.08 Å². The molecule has 0 bridgehead atoms. The van der Waals surface area contributed by atoms with Gasteiger partial charge < -0.3 is 10.1 Å². The lowest BCUT2D eigenvalue weighted by Gasteiger charge is -2.08. The minimum Gasteiger partial charge on any atom is -0.484 e. The van der Waals surface area contributed by atoms with Crippen LogP contribution in [0, 0.1) is 0 Å². The number of nitrogens with one attached hydrogen (secondary N) is 1. The number of carbonyl (C=O) groups excluding carboxylic acids is 2. The Kier molecular flexibility index (Phi) is 6.67. The molecule has 0 aromatic heterocycles. The molecule has 160 valence electrons. The Hall–Kier alpha value is -3.84. The van der Waals surface area contributed by atoms with Gasteiger partial charge in [-0.25, -0.2) is 4.99 Å². The standard InChI is InChI=1S/C25H21N3O3S/c1-28-24(30)22(32-25(28)27-20-10-6-3-7-11-20)16-18-12-14-21(15-13-18)31-17-23(29)26-19-8-4-2-5-9-19/h2-16H,17H2,1H3,(H,26,29)/b22-16+,27-25?. The number of carbonyl (C=O) groups is 2. The highest BCUT2D eigenvalue weighted by atomic mass is 32.2. The number of anilines is 1. The van der Waals surface area contributed by atoms with Gasteiger partial charge in [-0.05, 0) is 59.8 Å². The van der Waals surface area contributed by atoms with E-state index in [1.165, 1.54) is 11.8 Å². The number of rotatable bonds is 6. The molecule has 0 unspecified atom stereocenters. The van der Waals surface area contributed by atoms with Crippen molar-refractivity contribution in [3.63, 3.8) is 0 Å². The zero-order valence-electron chi connectivity index (χ0n) is 17.4. The van der Waals surface area contributed by atoms with Crippen molar-refractivity contribution in [2.24, 2.45) is 4.99 Å². The number of para-hydroxylation sites is 2. The summed E-state index contributed by atoms with van der Waals surface area (Å²) in [6, 6.07) is 26.0. The topological polar surface area (TPSA) is 71.0 Å². The largest absolute Gasteiger partial charge is 0.484 e. The van der Waals surface area contributed by atoms with Crippen LogP contribution in [-0.4, -0.2) is 35.5 Å². The maximum atomic E-state index is 12.6. The number of aliphatic imine (C=N–C) groups is 1. The fourth-order valence-electron chi connectivity index (χ4n) is 2.94. The molecule has 3 aromatic rings. The van der Waals surface area contributed by atoms with Gasteiger partial charge in [0.05, 0.1) is 10.6 Å². The van der Waals surface area contributed by atoms with Crippen LogP contribution in [-0.2, 0) is 9.59 Å². The molecule has 0 atom stereocenters. The molecular formula is C25H21N3O3S. The van der Waals surface area contributed by atoms with Crippen LogP contribution in [0.15, 0.2) is 94.8 Å². The molecule has 1 heterocycles. The van der Waals surface area contributed by atoms with Gasteiger partial charge in [-0.15, -0.1) is 0 Å². The van der Waals surface area contributed by atoms with Crippen LogP contribution in [0.3, 0.4) is 0 Å². The van der Waals surface area contributed by atoms with Crippen molar-refractivity contribution in [3.8, 4) is 5.75 Å². The summed E-state index contributed by atoms with van der Waals surface area (Å²) in [6.45, 7) is -0.0895. The van der Waals surface area contributed by atoms with Gasteiger partial charge in [-0.3, -0.25) is 14.5 Å². The Balaban J connectivity index is 1.37. The number of benzene rings is 3. The Morgan fingerprint density at radius 2 is 1.66 bits per heavy atom. The fourth-order valence-corrected chi connectivity index (χ4v) is 3.93. The third kappa shape index (κ3) is 5.44. The van der Waals surface area contributed by atoms with Crippen LogP contribution in [0.2, 0.25) is 0 Å². The van der Waals surface area contributed by atoms with Crippen molar-refractivity contribution in [2.45, 2.75) is 0 Å². The van der Waals surface area contributed by atoms with Crippen molar-refractivity contribution in [3.05, 3.63) is 95.4 Å². The molecule has 6 nitrogen and oxygen atoms in total. The molecule has 1 N–H and O–H groups in total. The van der Waals surface area contributed by atoms with Crippen molar-refractivity contribution < 1.29 is 14.3 Å². The zero-order chi connectivity index (χ0) is 22.3. The summed E-state index contributed by atoms with van der Waals surface area (Å²) in [5.41, 5.74) is 2.38.